The van der Waals surface area contributed by atoms with Crippen molar-refractivity contribution in [2.75, 3.05) is 45.2 Å². The van der Waals surface area contributed by atoms with Crippen LogP contribution in [0.3, 0.4) is 0 Å². The Labute approximate surface area is 145 Å². The van der Waals surface area contributed by atoms with Crippen LogP contribution in [0, 0.1) is 12.8 Å². The minimum Gasteiger partial charge on any atom is -0.359 e. The lowest BCUT2D eigenvalue weighted by molar-refractivity contribution is -0.122. The van der Waals surface area contributed by atoms with Gasteiger partial charge in [0.15, 0.2) is 0 Å². The highest BCUT2D eigenvalue weighted by molar-refractivity contribution is 5.77. The van der Waals surface area contributed by atoms with Gasteiger partial charge in [0, 0.05) is 38.3 Å². The summed E-state index contributed by atoms with van der Waals surface area (Å²) in [4.78, 5) is 25.2. The van der Waals surface area contributed by atoms with Crippen LogP contribution in [0.5, 0.6) is 0 Å². The molecule has 0 radical (unpaired) electrons. The third-order valence-corrected chi connectivity index (χ3v) is 4.65. The molecular weight excluding hydrogens is 302 g/mol. The van der Waals surface area contributed by atoms with E-state index in [0.717, 1.165) is 49.8 Å². The van der Waals surface area contributed by atoms with Crippen LogP contribution < -0.4 is 10.2 Å². The van der Waals surface area contributed by atoms with Crippen molar-refractivity contribution < 1.29 is 4.79 Å². The molecule has 6 nitrogen and oxygen atoms in total. The fraction of sp³-hybridized carbons (Fsp3) is 0.722. The normalized spacial score (nSPS) is 16.4. The van der Waals surface area contributed by atoms with Gasteiger partial charge < -0.3 is 10.2 Å². The zero-order chi connectivity index (χ0) is 17.7. The first-order valence-electron chi connectivity index (χ1n) is 8.88. The lowest BCUT2D eigenvalue weighted by Crippen LogP contribution is -2.42. The van der Waals surface area contributed by atoms with Crippen LogP contribution >= 0.6 is 0 Å². The lowest BCUT2D eigenvalue weighted by atomic mass is 9.96. The number of piperidine rings is 1. The zero-order valence-corrected chi connectivity index (χ0v) is 15.7. The number of nitrogens with zero attached hydrogens (tertiary/aromatic N) is 4. The molecule has 0 saturated carbocycles. The predicted molar refractivity (Wildman–Crippen MR) is 97.4 cm³/mol. The third-order valence-electron chi connectivity index (χ3n) is 4.65. The molecule has 1 N–H and O–H groups in total. The van der Waals surface area contributed by atoms with E-state index in [1.54, 1.807) is 7.05 Å². The second kappa shape index (κ2) is 8.42. The fourth-order valence-electron chi connectivity index (χ4n) is 3.12. The van der Waals surface area contributed by atoms with E-state index < -0.39 is 0 Å². The first-order valence-corrected chi connectivity index (χ1v) is 8.88. The smallest absolute Gasteiger partial charge is 0.233 e. The van der Waals surface area contributed by atoms with Gasteiger partial charge >= 0.3 is 0 Å². The van der Waals surface area contributed by atoms with Crippen molar-refractivity contribution >= 4 is 11.7 Å². The Morgan fingerprint density at radius 2 is 2.04 bits per heavy atom. The zero-order valence-electron chi connectivity index (χ0n) is 15.7. The van der Waals surface area contributed by atoms with Crippen LogP contribution in [-0.4, -0.2) is 61.0 Å². The number of carbonyl (C=O) groups excluding carboxylic acids is 1. The molecule has 1 aliphatic heterocycles. The number of anilines is 1. The van der Waals surface area contributed by atoms with Crippen molar-refractivity contribution in [1.82, 2.24) is 20.2 Å². The van der Waals surface area contributed by atoms with E-state index in [-0.39, 0.29) is 5.91 Å². The number of hydrogen-bond acceptors (Lipinski definition) is 5. The summed E-state index contributed by atoms with van der Waals surface area (Å²) in [5, 5.41) is 2.69. The minimum absolute atomic E-state index is 0.100. The molecule has 0 unspecified atom stereocenters. The van der Waals surface area contributed by atoms with Crippen molar-refractivity contribution in [3.8, 4) is 0 Å². The molecule has 1 amide bonds. The highest BCUT2D eigenvalue weighted by atomic mass is 16.1. The van der Waals surface area contributed by atoms with Crippen LogP contribution in [0.25, 0.3) is 0 Å². The number of rotatable bonds is 6. The summed E-state index contributed by atoms with van der Waals surface area (Å²) < 4.78 is 0. The molecule has 0 spiro atoms. The summed E-state index contributed by atoms with van der Waals surface area (Å²) in [6.45, 7) is 9.78. The Morgan fingerprint density at radius 1 is 1.38 bits per heavy atom. The molecule has 1 fully saturated rings. The summed E-state index contributed by atoms with van der Waals surface area (Å²) in [5.74, 6) is 3.01. The Kier molecular flexibility index (Phi) is 6.54. The van der Waals surface area contributed by atoms with E-state index >= 15 is 0 Å². The molecule has 0 bridgehead atoms. The first kappa shape index (κ1) is 18.6. The van der Waals surface area contributed by atoms with Gasteiger partial charge in [-0.25, -0.2) is 9.97 Å². The summed E-state index contributed by atoms with van der Waals surface area (Å²) in [5.41, 5.74) is 1.02. The van der Waals surface area contributed by atoms with Gasteiger partial charge in [-0.2, -0.15) is 0 Å². The molecule has 6 heteroatoms. The van der Waals surface area contributed by atoms with Crippen molar-refractivity contribution in [1.29, 1.82) is 0 Å². The highest BCUT2D eigenvalue weighted by Crippen LogP contribution is 2.21. The molecule has 2 rings (SSSR count). The van der Waals surface area contributed by atoms with Gasteiger partial charge in [-0.15, -0.1) is 0 Å². The molecule has 0 atom stereocenters. The average molecular weight is 333 g/mol. The average Bonchev–Trinajstić information content (AvgIpc) is 2.55. The number of amides is 1. The predicted octanol–water partition coefficient (Wildman–Crippen LogP) is 1.80. The van der Waals surface area contributed by atoms with E-state index in [0.29, 0.717) is 18.4 Å². The van der Waals surface area contributed by atoms with Crippen molar-refractivity contribution in [3.63, 3.8) is 0 Å². The molecule has 1 aromatic rings. The Balaban J connectivity index is 1.89. The summed E-state index contributed by atoms with van der Waals surface area (Å²) in [6.07, 6.45) is 2.25. The summed E-state index contributed by atoms with van der Waals surface area (Å²) in [6, 6.07) is 2.06. The van der Waals surface area contributed by atoms with Crippen LogP contribution in [0.2, 0.25) is 0 Å². The molecular formula is C18H31N5O. The molecule has 1 saturated heterocycles. The number of hydrogen-bond donors (Lipinski definition) is 1. The van der Waals surface area contributed by atoms with Gasteiger partial charge in [0.1, 0.15) is 11.6 Å². The molecule has 0 aromatic carbocycles. The van der Waals surface area contributed by atoms with Crippen LogP contribution in [-0.2, 0) is 4.79 Å². The van der Waals surface area contributed by atoms with Crippen molar-refractivity contribution in [3.05, 3.63) is 17.6 Å². The van der Waals surface area contributed by atoms with Crippen LogP contribution in [0.15, 0.2) is 6.07 Å². The molecule has 2 heterocycles. The standard InChI is InChI=1S/C18H31N5O/c1-13(2)18-20-14(3)10-16(21-18)22(5)11-15-6-8-23(9-7-15)12-17(24)19-4/h10,13,15H,6-9,11-12H2,1-5H3,(H,19,24). The van der Waals surface area contributed by atoms with E-state index in [9.17, 15) is 4.79 Å². The maximum absolute atomic E-state index is 11.5. The Morgan fingerprint density at radius 3 is 2.62 bits per heavy atom. The third kappa shape index (κ3) is 5.16. The molecule has 134 valence electrons. The number of nitrogens with one attached hydrogen (secondary N) is 1. The van der Waals surface area contributed by atoms with E-state index in [2.05, 4.69) is 47.1 Å². The number of carbonyl (C=O) groups is 1. The molecule has 1 aromatic heterocycles. The Hall–Kier alpha value is -1.69. The van der Waals surface area contributed by atoms with E-state index in [1.807, 2.05) is 6.92 Å². The molecule has 1 aliphatic rings. The summed E-state index contributed by atoms with van der Waals surface area (Å²) >= 11 is 0. The highest BCUT2D eigenvalue weighted by Gasteiger charge is 2.22. The second-order valence-electron chi connectivity index (χ2n) is 7.15. The fourth-order valence-corrected chi connectivity index (χ4v) is 3.12. The number of likely N-dealkylation sites (N-methyl/N-ethyl adjacent to an activating group) is 1. The number of aromatic nitrogens is 2. The molecule has 0 aliphatic carbocycles. The van der Waals surface area contributed by atoms with Gasteiger partial charge in [0.25, 0.3) is 0 Å². The minimum atomic E-state index is 0.100. The van der Waals surface area contributed by atoms with Crippen molar-refractivity contribution in [2.45, 2.75) is 39.5 Å². The van der Waals surface area contributed by atoms with Gasteiger partial charge in [0.2, 0.25) is 5.91 Å². The molecule has 24 heavy (non-hydrogen) atoms. The van der Waals surface area contributed by atoms with Gasteiger partial charge in [0.05, 0.1) is 6.54 Å². The first-order chi connectivity index (χ1) is 11.4. The van der Waals surface area contributed by atoms with Gasteiger partial charge in [-0.05, 0) is 38.8 Å². The maximum Gasteiger partial charge on any atom is 0.233 e. The summed E-state index contributed by atoms with van der Waals surface area (Å²) in [7, 11) is 3.81. The van der Waals surface area contributed by atoms with Crippen molar-refractivity contribution in [2.24, 2.45) is 5.92 Å². The monoisotopic (exact) mass is 333 g/mol. The van der Waals surface area contributed by atoms with Crippen LogP contribution in [0.4, 0.5) is 5.82 Å². The lowest BCUT2D eigenvalue weighted by Gasteiger charge is -2.33. The second-order valence-corrected chi connectivity index (χ2v) is 7.15. The van der Waals surface area contributed by atoms with E-state index in [1.165, 1.54) is 0 Å². The number of aryl methyl sites for hydroxylation is 1. The number of likely N-dealkylation sites (tertiary alicyclic amines) is 1. The Bertz CT molecular complexity index is 552. The van der Waals surface area contributed by atoms with E-state index in [4.69, 9.17) is 4.98 Å². The maximum atomic E-state index is 11.5. The van der Waals surface area contributed by atoms with Gasteiger partial charge in [-0.3, -0.25) is 9.69 Å². The van der Waals surface area contributed by atoms with Gasteiger partial charge in [-0.1, -0.05) is 13.8 Å². The quantitative estimate of drug-likeness (QED) is 0.860. The van der Waals surface area contributed by atoms with Crippen LogP contribution in [0.1, 0.15) is 44.1 Å². The SMILES string of the molecule is CNC(=O)CN1CCC(CN(C)c2cc(C)nc(C(C)C)n2)CC1. The largest absolute Gasteiger partial charge is 0.359 e. The topological polar surface area (TPSA) is 61.4 Å².